The lowest BCUT2D eigenvalue weighted by atomic mass is 9.53. The van der Waals surface area contributed by atoms with E-state index < -0.39 is 5.41 Å². The third kappa shape index (κ3) is 4.73. The molecule has 7 nitrogen and oxygen atoms in total. The molecule has 1 saturated heterocycles. The first kappa shape index (κ1) is 20.8. The average molecular weight is 392 g/mol. The Labute approximate surface area is 167 Å². The molecule has 3 atom stereocenters. The van der Waals surface area contributed by atoms with Crippen LogP contribution in [0.4, 0.5) is 0 Å². The van der Waals surface area contributed by atoms with Gasteiger partial charge in [0.1, 0.15) is 0 Å². The zero-order chi connectivity index (χ0) is 20.1. The first-order chi connectivity index (χ1) is 13.4. The molecule has 0 radical (unpaired) electrons. The Kier molecular flexibility index (Phi) is 6.73. The number of likely N-dealkylation sites (tertiary alicyclic amines) is 1. The lowest BCUT2D eigenvalue weighted by Gasteiger charge is -2.49. The van der Waals surface area contributed by atoms with Crippen molar-refractivity contribution < 1.29 is 14.5 Å². The van der Waals surface area contributed by atoms with E-state index in [1.807, 2.05) is 4.90 Å². The van der Waals surface area contributed by atoms with Gasteiger partial charge in [0.05, 0.1) is 5.41 Å². The van der Waals surface area contributed by atoms with Crippen molar-refractivity contribution in [2.45, 2.75) is 64.7 Å². The van der Waals surface area contributed by atoms with Crippen LogP contribution in [0.15, 0.2) is 11.6 Å². The second kappa shape index (κ2) is 9.05. The third-order valence-corrected chi connectivity index (χ3v) is 6.83. The highest BCUT2D eigenvalue weighted by atomic mass is 16.6. The molecule has 1 N–H and O–H groups in total. The summed E-state index contributed by atoms with van der Waals surface area (Å²) in [5.41, 5.74) is 0.860. The molecule has 7 heteroatoms. The number of fused-ring (bicyclic) bond motifs is 1. The van der Waals surface area contributed by atoms with Crippen LogP contribution in [0.1, 0.15) is 64.7 Å². The topological polar surface area (TPSA) is 92.6 Å². The smallest absolute Gasteiger partial charge is 0.222 e. The number of hydrogen-bond acceptors (Lipinski definition) is 4. The van der Waals surface area contributed by atoms with Crippen LogP contribution in [-0.4, -0.2) is 47.8 Å². The van der Waals surface area contributed by atoms with E-state index in [9.17, 15) is 19.7 Å². The van der Waals surface area contributed by atoms with Crippen LogP contribution in [-0.2, 0) is 9.59 Å². The average Bonchev–Trinajstić information content (AvgIpc) is 2.86. The lowest BCUT2D eigenvalue weighted by molar-refractivity contribution is -0.505. The molecular weight excluding hydrogens is 358 g/mol. The van der Waals surface area contributed by atoms with E-state index in [2.05, 4.69) is 18.3 Å². The van der Waals surface area contributed by atoms with Crippen molar-refractivity contribution in [3.05, 3.63) is 21.8 Å². The van der Waals surface area contributed by atoms with Gasteiger partial charge in [-0.2, -0.15) is 0 Å². The summed E-state index contributed by atoms with van der Waals surface area (Å²) in [6.45, 7) is 3.99. The molecule has 28 heavy (non-hydrogen) atoms. The molecule has 0 spiro atoms. The quantitative estimate of drug-likeness (QED) is 0.283. The number of rotatable bonds is 9. The molecule has 2 aliphatic carbocycles. The SMILES string of the molecule is CCC1=C[C@H]2[C@@H](C1)CC2(CC(=O)NCCCN1CCCCCC1=O)C[N+](=O)[O-]. The van der Waals surface area contributed by atoms with Gasteiger partial charge in [-0.1, -0.05) is 25.0 Å². The van der Waals surface area contributed by atoms with Crippen LogP contribution >= 0.6 is 0 Å². The van der Waals surface area contributed by atoms with E-state index >= 15 is 0 Å². The fourth-order valence-corrected chi connectivity index (χ4v) is 5.39. The predicted octanol–water partition coefficient (Wildman–Crippen LogP) is 2.92. The molecule has 1 saturated carbocycles. The molecule has 1 unspecified atom stereocenters. The maximum Gasteiger partial charge on any atom is 0.222 e. The third-order valence-electron chi connectivity index (χ3n) is 6.83. The molecule has 0 aromatic carbocycles. The number of nitrogens with zero attached hydrogens (tertiary/aromatic N) is 2. The minimum Gasteiger partial charge on any atom is -0.356 e. The van der Waals surface area contributed by atoms with Gasteiger partial charge in [-0.3, -0.25) is 19.7 Å². The molecule has 0 bridgehead atoms. The summed E-state index contributed by atoms with van der Waals surface area (Å²) in [5, 5.41) is 14.2. The summed E-state index contributed by atoms with van der Waals surface area (Å²) in [5.74, 6) is 0.778. The van der Waals surface area contributed by atoms with Crippen LogP contribution in [0.2, 0.25) is 0 Å². The van der Waals surface area contributed by atoms with Crippen molar-refractivity contribution in [1.82, 2.24) is 10.2 Å². The highest BCUT2D eigenvalue weighted by molar-refractivity contribution is 5.77. The highest BCUT2D eigenvalue weighted by Gasteiger charge is 2.58. The molecule has 1 aliphatic heterocycles. The number of nitro groups is 1. The first-order valence-electron chi connectivity index (χ1n) is 10.8. The van der Waals surface area contributed by atoms with Gasteiger partial charge in [-0.05, 0) is 50.4 Å². The van der Waals surface area contributed by atoms with Crippen molar-refractivity contribution >= 4 is 11.8 Å². The second-order valence-corrected chi connectivity index (χ2v) is 8.80. The Balaban J connectivity index is 1.46. The number of carbonyl (C=O) groups excluding carboxylic acids is 2. The summed E-state index contributed by atoms with van der Waals surface area (Å²) in [6, 6.07) is 0. The number of hydrogen-bond donors (Lipinski definition) is 1. The van der Waals surface area contributed by atoms with E-state index in [1.54, 1.807) is 0 Å². The van der Waals surface area contributed by atoms with Crippen LogP contribution in [0.3, 0.4) is 0 Å². The van der Waals surface area contributed by atoms with Gasteiger partial charge >= 0.3 is 0 Å². The molecule has 2 amide bonds. The summed E-state index contributed by atoms with van der Waals surface area (Å²) in [7, 11) is 0. The fraction of sp³-hybridized carbons (Fsp3) is 0.810. The normalized spacial score (nSPS) is 29.5. The largest absolute Gasteiger partial charge is 0.356 e. The Morgan fingerprint density at radius 2 is 2.21 bits per heavy atom. The van der Waals surface area contributed by atoms with Gasteiger partial charge in [-0.25, -0.2) is 0 Å². The molecule has 0 aromatic heterocycles. The highest BCUT2D eigenvalue weighted by Crippen LogP contribution is 2.60. The van der Waals surface area contributed by atoms with Gasteiger partial charge in [-0.15, -0.1) is 0 Å². The van der Waals surface area contributed by atoms with Gasteiger partial charge < -0.3 is 10.2 Å². The van der Waals surface area contributed by atoms with E-state index in [-0.39, 0.29) is 35.6 Å². The Hall–Kier alpha value is -1.92. The van der Waals surface area contributed by atoms with E-state index in [0.717, 1.165) is 51.5 Å². The molecule has 3 aliphatic rings. The minimum absolute atomic E-state index is 0.0964. The Morgan fingerprint density at radius 1 is 1.39 bits per heavy atom. The van der Waals surface area contributed by atoms with Gasteiger partial charge in [0, 0.05) is 37.4 Å². The van der Waals surface area contributed by atoms with Crippen LogP contribution < -0.4 is 5.32 Å². The number of amides is 2. The minimum atomic E-state index is -0.518. The van der Waals surface area contributed by atoms with E-state index in [4.69, 9.17) is 0 Å². The van der Waals surface area contributed by atoms with E-state index in [1.165, 1.54) is 5.57 Å². The number of carbonyl (C=O) groups is 2. The van der Waals surface area contributed by atoms with E-state index in [0.29, 0.717) is 25.4 Å². The van der Waals surface area contributed by atoms with Crippen molar-refractivity contribution in [3.63, 3.8) is 0 Å². The van der Waals surface area contributed by atoms with Gasteiger partial charge in [0.15, 0.2) is 0 Å². The zero-order valence-electron chi connectivity index (χ0n) is 17.0. The molecule has 156 valence electrons. The lowest BCUT2D eigenvalue weighted by Crippen LogP contribution is -2.52. The van der Waals surface area contributed by atoms with Crippen molar-refractivity contribution in [1.29, 1.82) is 0 Å². The van der Waals surface area contributed by atoms with Crippen LogP contribution in [0, 0.1) is 27.4 Å². The van der Waals surface area contributed by atoms with Crippen molar-refractivity contribution in [3.8, 4) is 0 Å². The number of allylic oxidation sites excluding steroid dienone is 2. The first-order valence-corrected chi connectivity index (χ1v) is 10.8. The maximum absolute atomic E-state index is 12.5. The standard InChI is InChI=1S/C21H33N3O4/c1-2-16-11-17-13-21(15-24(27)28,18(17)12-16)14-19(25)22-8-6-10-23-9-5-3-4-7-20(23)26/h12,17-18H,2-11,13-15H2,1H3,(H,22,25)/t17-,18-,21?/m0/s1. The summed E-state index contributed by atoms with van der Waals surface area (Å²) >= 11 is 0. The van der Waals surface area contributed by atoms with Crippen molar-refractivity contribution in [2.24, 2.45) is 17.3 Å². The molecule has 0 aromatic rings. The molecule has 2 fully saturated rings. The maximum atomic E-state index is 12.5. The Morgan fingerprint density at radius 3 is 2.96 bits per heavy atom. The van der Waals surface area contributed by atoms with Crippen molar-refractivity contribution in [2.75, 3.05) is 26.2 Å². The number of nitrogens with one attached hydrogen (secondary N) is 1. The second-order valence-electron chi connectivity index (χ2n) is 8.80. The Bertz CT molecular complexity index is 648. The summed E-state index contributed by atoms with van der Waals surface area (Å²) < 4.78 is 0. The zero-order valence-corrected chi connectivity index (χ0v) is 17.0. The fourth-order valence-electron chi connectivity index (χ4n) is 5.39. The summed E-state index contributed by atoms with van der Waals surface area (Å²) in [6.07, 6.45) is 9.72. The van der Waals surface area contributed by atoms with Gasteiger partial charge in [0.25, 0.3) is 0 Å². The van der Waals surface area contributed by atoms with Crippen LogP contribution in [0.25, 0.3) is 0 Å². The summed E-state index contributed by atoms with van der Waals surface area (Å²) in [4.78, 5) is 37.4. The van der Waals surface area contributed by atoms with Crippen LogP contribution in [0.5, 0.6) is 0 Å². The molecular formula is C21H33N3O4. The van der Waals surface area contributed by atoms with Gasteiger partial charge in [0.2, 0.25) is 18.4 Å². The predicted molar refractivity (Wildman–Crippen MR) is 106 cm³/mol. The monoisotopic (exact) mass is 391 g/mol. The molecule has 1 heterocycles. The molecule has 3 rings (SSSR count).